The molecule has 1 heterocycles. The minimum absolute atomic E-state index is 0.644. The standard InChI is InChI=1S/C17H29N3/c1-4-9-18-12-16-7-5-6-8-17(16)14-20-11-10-19(3)13-15(20)2/h5-8,15,18H,4,9-14H2,1-3H3. The normalized spacial score (nSPS) is 21.2. The van der Waals surface area contributed by atoms with Crippen LogP contribution in [0.4, 0.5) is 0 Å². The predicted octanol–water partition coefficient (Wildman–Crippen LogP) is 2.32. The lowest BCUT2D eigenvalue weighted by atomic mass is 10.1. The molecule has 1 saturated heterocycles. The molecular formula is C17H29N3. The van der Waals surface area contributed by atoms with E-state index >= 15 is 0 Å². The minimum atomic E-state index is 0.644. The Morgan fingerprint density at radius 1 is 1.20 bits per heavy atom. The molecule has 1 aromatic carbocycles. The molecule has 0 bridgehead atoms. The summed E-state index contributed by atoms with van der Waals surface area (Å²) in [6.07, 6.45) is 1.19. The summed E-state index contributed by atoms with van der Waals surface area (Å²) in [7, 11) is 2.22. The van der Waals surface area contributed by atoms with Crippen molar-refractivity contribution in [1.29, 1.82) is 0 Å². The van der Waals surface area contributed by atoms with Crippen LogP contribution in [-0.4, -0.2) is 49.1 Å². The quantitative estimate of drug-likeness (QED) is 0.804. The first-order valence-corrected chi connectivity index (χ1v) is 7.90. The Balaban J connectivity index is 1.97. The molecule has 1 N–H and O–H groups in total. The van der Waals surface area contributed by atoms with Crippen LogP contribution in [-0.2, 0) is 13.1 Å². The summed E-state index contributed by atoms with van der Waals surface area (Å²) in [5.41, 5.74) is 2.93. The van der Waals surface area contributed by atoms with Gasteiger partial charge >= 0.3 is 0 Å². The topological polar surface area (TPSA) is 18.5 Å². The Hall–Kier alpha value is -0.900. The van der Waals surface area contributed by atoms with Crippen molar-refractivity contribution < 1.29 is 0 Å². The van der Waals surface area contributed by atoms with E-state index in [1.807, 2.05) is 0 Å². The molecule has 0 spiro atoms. The highest BCUT2D eigenvalue weighted by Gasteiger charge is 2.21. The number of likely N-dealkylation sites (N-methyl/N-ethyl adjacent to an activating group) is 1. The summed E-state index contributed by atoms with van der Waals surface area (Å²) in [5.74, 6) is 0. The number of hydrogen-bond donors (Lipinski definition) is 1. The van der Waals surface area contributed by atoms with Crippen molar-refractivity contribution in [2.24, 2.45) is 0 Å². The van der Waals surface area contributed by atoms with Gasteiger partial charge in [-0.1, -0.05) is 31.2 Å². The van der Waals surface area contributed by atoms with E-state index in [0.29, 0.717) is 6.04 Å². The van der Waals surface area contributed by atoms with Gasteiger partial charge in [-0.05, 0) is 38.1 Å². The van der Waals surface area contributed by atoms with Crippen LogP contribution >= 0.6 is 0 Å². The zero-order chi connectivity index (χ0) is 14.4. The number of nitrogens with one attached hydrogen (secondary N) is 1. The summed E-state index contributed by atoms with van der Waals surface area (Å²) in [4.78, 5) is 5.04. The second-order valence-corrected chi connectivity index (χ2v) is 6.03. The Labute approximate surface area is 124 Å². The van der Waals surface area contributed by atoms with E-state index in [0.717, 1.165) is 19.6 Å². The number of benzene rings is 1. The van der Waals surface area contributed by atoms with Crippen molar-refractivity contribution in [3.05, 3.63) is 35.4 Å². The van der Waals surface area contributed by atoms with Gasteiger partial charge in [0, 0.05) is 38.8 Å². The van der Waals surface area contributed by atoms with Gasteiger partial charge in [0.15, 0.2) is 0 Å². The fourth-order valence-electron chi connectivity index (χ4n) is 2.92. The Morgan fingerprint density at radius 2 is 1.95 bits per heavy atom. The van der Waals surface area contributed by atoms with Crippen molar-refractivity contribution in [2.75, 3.05) is 33.2 Å². The van der Waals surface area contributed by atoms with Crippen molar-refractivity contribution >= 4 is 0 Å². The molecule has 1 atom stereocenters. The first-order chi connectivity index (χ1) is 9.70. The first kappa shape index (κ1) is 15.5. The fourth-order valence-corrected chi connectivity index (χ4v) is 2.92. The maximum absolute atomic E-state index is 3.52. The highest BCUT2D eigenvalue weighted by Crippen LogP contribution is 2.16. The molecule has 2 rings (SSSR count). The first-order valence-electron chi connectivity index (χ1n) is 7.90. The van der Waals surface area contributed by atoms with Gasteiger partial charge in [0.05, 0.1) is 0 Å². The Kier molecular flexibility index (Phi) is 6.02. The van der Waals surface area contributed by atoms with E-state index in [1.165, 1.54) is 37.2 Å². The number of hydrogen-bond acceptors (Lipinski definition) is 3. The molecule has 0 amide bonds. The smallest absolute Gasteiger partial charge is 0.0240 e. The van der Waals surface area contributed by atoms with Crippen molar-refractivity contribution in [3.63, 3.8) is 0 Å². The van der Waals surface area contributed by atoms with E-state index < -0.39 is 0 Å². The average molecular weight is 275 g/mol. The maximum atomic E-state index is 3.52. The van der Waals surface area contributed by atoms with E-state index in [4.69, 9.17) is 0 Å². The lowest BCUT2D eigenvalue weighted by molar-refractivity contribution is 0.0936. The van der Waals surface area contributed by atoms with Crippen molar-refractivity contribution in [3.8, 4) is 0 Å². The second-order valence-electron chi connectivity index (χ2n) is 6.03. The van der Waals surface area contributed by atoms with Gasteiger partial charge in [0.25, 0.3) is 0 Å². The molecule has 3 nitrogen and oxygen atoms in total. The van der Waals surface area contributed by atoms with Crippen LogP contribution in [0.15, 0.2) is 24.3 Å². The van der Waals surface area contributed by atoms with Gasteiger partial charge in [0.1, 0.15) is 0 Å². The molecule has 1 unspecified atom stereocenters. The van der Waals surface area contributed by atoms with Crippen LogP contribution in [0.5, 0.6) is 0 Å². The molecule has 0 radical (unpaired) electrons. The SMILES string of the molecule is CCCNCc1ccccc1CN1CCN(C)CC1C. The summed E-state index contributed by atoms with van der Waals surface area (Å²) in [6, 6.07) is 9.51. The molecule has 0 aliphatic carbocycles. The molecule has 20 heavy (non-hydrogen) atoms. The molecule has 1 aromatic rings. The Morgan fingerprint density at radius 3 is 2.65 bits per heavy atom. The van der Waals surface area contributed by atoms with Crippen LogP contribution in [0.1, 0.15) is 31.4 Å². The van der Waals surface area contributed by atoms with Gasteiger partial charge in [-0.25, -0.2) is 0 Å². The zero-order valence-electron chi connectivity index (χ0n) is 13.2. The lowest BCUT2D eigenvalue weighted by Gasteiger charge is -2.38. The fraction of sp³-hybridized carbons (Fsp3) is 0.647. The highest BCUT2D eigenvalue weighted by atomic mass is 15.3. The summed E-state index contributed by atoms with van der Waals surface area (Å²) in [6.45, 7) is 11.3. The highest BCUT2D eigenvalue weighted by molar-refractivity contribution is 5.27. The number of rotatable bonds is 6. The van der Waals surface area contributed by atoms with E-state index in [9.17, 15) is 0 Å². The largest absolute Gasteiger partial charge is 0.313 e. The van der Waals surface area contributed by atoms with Crippen molar-refractivity contribution in [1.82, 2.24) is 15.1 Å². The second kappa shape index (κ2) is 7.77. The zero-order valence-corrected chi connectivity index (χ0v) is 13.2. The van der Waals surface area contributed by atoms with Gasteiger partial charge in [-0.2, -0.15) is 0 Å². The maximum Gasteiger partial charge on any atom is 0.0240 e. The van der Waals surface area contributed by atoms with Gasteiger partial charge < -0.3 is 10.2 Å². The van der Waals surface area contributed by atoms with Gasteiger partial charge in [0.2, 0.25) is 0 Å². The predicted molar refractivity (Wildman–Crippen MR) is 85.8 cm³/mol. The summed E-state index contributed by atoms with van der Waals surface area (Å²) >= 11 is 0. The molecule has 1 fully saturated rings. The lowest BCUT2D eigenvalue weighted by Crippen LogP contribution is -2.49. The van der Waals surface area contributed by atoms with Crippen molar-refractivity contribution in [2.45, 2.75) is 39.4 Å². The molecule has 112 valence electrons. The van der Waals surface area contributed by atoms with E-state index in [1.54, 1.807) is 0 Å². The monoisotopic (exact) mass is 275 g/mol. The van der Waals surface area contributed by atoms with Crippen LogP contribution in [0.25, 0.3) is 0 Å². The number of piperazine rings is 1. The average Bonchev–Trinajstić information content (AvgIpc) is 2.44. The third kappa shape index (κ3) is 4.30. The van der Waals surface area contributed by atoms with Crippen LogP contribution < -0.4 is 5.32 Å². The molecule has 0 saturated carbocycles. The minimum Gasteiger partial charge on any atom is -0.313 e. The van der Waals surface area contributed by atoms with Crippen LogP contribution in [0.3, 0.4) is 0 Å². The van der Waals surface area contributed by atoms with E-state index in [-0.39, 0.29) is 0 Å². The molecule has 1 aliphatic rings. The number of nitrogens with zero attached hydrogens (tertiary/aromatic N) is 2. The summed E-state index contributed by atoms with van der Waals surface area (Å²) < 4.78 is 0. The van der Waals surface area contributed by atoms with Crippen LogP contribution in [0, 0.1) is 0 Å². The molecular weight excluding hydrogens is 246 g/mol. The molecule has 0 aromatic heterocycles. The third-order valence-corrected chi connectivity index (χ3v) is 4.20. The van der Waals surface area contributed by atoms with E-state index in [2.05, 4.69) is 60.3 Å². The van der Waals surface area contributed by atoms with Gasteiger partial charge in [-0.3, -0.25) is 4.90 Å². The molecule has 1 aliphatic heterocycles. The van der Waals surface area contributed by atoms with Gasteiger partial charge in [-0.15, -0.1) is 0 Å². The Bertz CT molecular complexity index is 405. The van der Waals surface area contributed by atoms with Crippen LogP contribution in [0.2, 0.25) is 0 Å². The third-order valence-electron chi connectivity index (χ3n) is 4.20. The summed E-state index contributed by atoms with van der Waals surface area (Å²) in [5, 5.41) is 3.52. The molecule has 3 heteroatoms.